The van der Waals surface area contributed by atoms with Crippen LogP contribution in [0.3, 0.4) is 0 Å². The summed E-state index contributed by atoms with van der Waals surface area (Å²) in [6.07, 6.45) is 0.705. The van der Waals surface area contributed by atoms with E-state index < -0.39 is 0 Å². The highest BCUT2D eigenvalue weighted by atomic mass is 79.9. The van der Waals surface area contributed by atoms with E-state index in [2.05, 4.69) is 33.0 Å². The highest BCUT2D eigenvalue weighted by molar-refractivity contribution is 9.10. The minimum Gasteiger partial charge on any atom is -0.345 e. The minimum atomic E-state index is 0.705. The average Bonchev–Trinajstić information content (AvgIpc) is 2.83. The Bertz CT molecular complexity index is 763. The van der Waals surface area contributed by atoms with Crippen LogP contribution in [-0.2, 0) is 6.42 Å². The lowest BCUT2D eigenvalue weighted by atomic mass is 10.1. The van der Waals surface area contributed by atoms with Crippen LogP contribution in [0.15, 0.2) is 53.0 Å². The van der Waals surface area contributed by atoms with Crippen molar-refractivity contribution >= 4 is 27.5 Å². The van der Waals surface area contributed by atoms with Gasteiger partial charge in [0.25, 0.3) is 0 Å². The molecule has 0 atom stereocenters. The maximum atomic E-state index is 6.21. The molecule has 0 saturated carbocycles. The van der Waals surface area contributed by atoms with E-state index in [-0.39, 0.29) is 0 Å². The number of hydrogen-bond acceptors (Lipinski definition) is 1. The number of nitrogens with one attached hydrogen (secondary N) is 1. The lowest BCUT2D eigenvalue weighted by Crippen LogP contribution is -1.91. The lowest BCUT2D eigenvalue weighted by molar-refractivity contribution is 1.02. The molecule has 106 valence electrons. The van der Waals surface area contributed by atoms with Gasteiger partial charge in [0, 0.05) is 27.2 Å². The first kappa shape index (κ1) is 14.4. The van der Waals surface area contributed by atoms with Gasteiger partial charge >= 0.3 is 0 Å². The van der Waals surface area contributed by atoms with Gasteiger partial charge in [-0.25, -0.2) is 4.98 Å². The highest BCUT2D eigenvalue weighted by Crippen LogP contribution is 2.25. The molecule has 3 aromatic rings. The molecule has 0 saturated heterocycles. The standard InChI is InChI=1S/C17H14BrClN2/c1-11-17(12-6-8-14(18)9-7-12)21-16(20-11)10-13-4-2-3-5-15(13)19/h2-9H,10H2,1H3,(H,20,21). The third-order valence-electron chi connectivity index (χ3n) is 3.37. The van der Waals surface area contributed by atoms with Gasteiger partial charge in [0.05, 0.1) is 5.69 Å². The molecule has 0 unspecified atom stereocenters. The fourth-order valence-corrected chi connectivity index (χ4v) is 2.78. The fourth-order valence-electron chi connectivity index (χ4n) is 2.32. The van der Waals surface area contributed by atoms with Crippen LogP contribution in [0.2, 0.25) is 5.02 Å². The first-order chi connectivity index (χ1) is 10.1. The summed E-state index contributed by atoms with van der Waals surface area (Å²) < 4.78 is 1.07. The predicted octanol–water partition coefficient (Wildman–Crippen LogP) is 5.39. The molecule has 0 aliphatic rings. The molecule has 4 heteroatoms. The molecule has 1 heterocycles. The summed E-state index contributed by atoms with van der Waals surface area (Å²) >= 11 is 9.66. The highest BCUT2D eigenvalue weighted by Gasteiger charge is 2.10. The topological polar surface area (TPSA) is 28.7 Å². The molecule has 0 aliphatic carbocycles. The first-order valence-electron chi connectivity index (χ1n) is 6.68. The summed E-state index contributed by atoms with van der Waals surface area (Å²) in [5.74, 6) is 0.929. The van der Waals surface area contributed by atoms with Gasteiger partial charge in [0.2, 0.25) is 0 Å². The van der Waals surface area contributed by atoms with E-state index in [1.54, 1.807) is 0 Å². The smallest absolute Gasteiger partial charge is 0.111 e. The number of hydrogen-bond donors (Lipinski definition) is 1. The van der Waals surface area contributed by atoms with Crippen molar-refractivity contribution in [3.05, 3.63) is 75.1 Å². The molecule has 0 bridgehead atoms. The molecule has 21 heavy (non-hydrogen) atoms. The molecular weight excluding hydrogens is 348 g/mol. The summed E-state index contributed by atoms with van der Waals surface area (Å²) in [4.78, 5) is 8.07. The summed E-state index contributed by atoms with van der Waals surface area (Å²) in [5.41, 5.74) is 4.25. The average molecular weight is 362 g/mol. The molecule has 2 aromatic carbocycles. The van der Waals surface area contributed by atoms with E-state index >= 15 is 0 Å². The van der Waals surface area contributed by atoms with Gasteiger partial charge < -0.3 is 4.98 Å². The number of aryl methyl sites for hydroxylation is 1. The molecule has 1 aromatic heterocycles. The normalized spacial score (nSPS) is 10.8. The third kappa shape index (κ3) is 3.20. The Kier molecular flexibility index (Phi) is 4.13. The van der Waals surface area contributed by atoms with Crippen molar-refractivity contribution in [1.29, 1.82) is 0 Å². The molecule has 0 radical (unpaired) electrons. The second-order valence-corrected chi connectivity index (χ2v) is 6.26. The van der Waals surface area contributed by atoms with Crippen molar-refractivity contribution in [1.82, 2.24) is 9.97 Å². The van der Waals surface area contributed by atoms with Gasteiger partial charge in [0.15, 0.2) is 0 Å². The van der Waals surface area contributed by atoms with E-state index in [0.29, 0.717) is 6.42 Å². The van der Waals surface area contributed by atoms with Gasteiger partial charge in [-0.05, 0) is 30.7 Å². The Morgan fingerprint density at radius 3 is 2.52 bits per heavy atom. The third-order valence-corrected chi connectivity index (χ3v) is 4.26. The molecule has 0 spiro atoms. The molecule has 0 amide bonds. The fraction of sp³-hybridized carbons (Fsp3) is 0.118. The zero-order chi connectivity index (χ0) is 14.8. The zero-order valence-corrected chi connectivity index (χ0v) is 13.9. The van der Waals surface area contributed by atoms with Crippen molar-refractivity contribution < 1.29 is 0 Å². The van der Waals surface area contributed by atoms with Crippen molar-refractivity contribution in [2.24, 2.45) is 0 Å². The van der Waals surface area contributed by atoms with E-state index in [1.165, 1.54) is 0 Å². The molecule has 1 N–H and O–H groups in total. The van der Waals surface area contributed by atoms with Crippen LogP contribution in [0.4, 0.5) is 0 Å². The second kappa shape index (κ2) is 6.04. The van der Waals surface area contributed by atoms with Crippen molar-refractivity contribution in [2.45, 2.75) is 13.3 Å². The quantitative estimate of drug-likeness (QED) is 0.665. The number of aromatic nitrogens is 2. The van der Waals surface area contributed by atoms with Crippen LogP contribution in [0.1, 0.15) is 17.1 Å². The maximum Gasteiger partial charge on any atom is 0.111 e. The van der Waals surface area contributed by atoms with Crippen molar-refractivity contribution in [2.75, 3.05) is 0 Å². The summed E-state index contributed by atoms with van der Waals surface area (Å²) in [6, 6.07) is 16.0. The number of rotatable bonds is 3. The SMILES string of the molecule is Cc1[nH]c(Cc2ccccc2Cl)nc1-c1ccc(Br)cc1. The number of benzene rings is 2. The number of H-pyrrole nitrogens is 1. The molecule has 0 aliphatic heterocycles. The van der Waals surface area contributed by atoms with E-state index in [1.807, 2.05) is 43.3 Å². The van der Waals surface area contributed by atoms with Gasteiger partial charge in [-0.2, -0.15) is 0 Å². The van der Waals surface area contributed by atoms with Gasteiger partial charge in [-0.1, -0.05) is 57.9 Å². The Morgan fingerprint density at radius 2 is 1.81 bits per heavy atom. The maximum absolute atomic E-state index is 6.21. The minimum absolute atomic E-state index is 0.705. The number of nitrogens with zero attached hydrogens (tertiary/aromatic N) is 1. The Balaban J connectivity index is 1.91. The van der Waals surface area contributed by atoms with Crippen LogP contribution >= 0.6 is 27.5 Å². The largest absolute Gasteiger partial charge is 0.345 e. The van der Waals surface area contributed by atoms with Gasteiger partial charge in [0.1, 0.15) is 5.82 Å². The van der Waals surface area contributed by atoms with E-state index in [9.17, 15) is 0 Å². The van der Waals surface area contributed by atoms with Crippen LogP contribution in [0, 0.1) is 6.92 Å². The zero-order valence-electron chi connectivity index (χ0n) is 11.5. The number of halogens is 2. The lowest BCUT2D eigenvalue weighted by Gasteiger charge is -2.01. The van der Waals surface area contributed by atoms with E-state index in [4.69, 9.17) is 16.6 Å². The Morgan fingerprint density at radius 1 is 1.10 bits per heavy atom. The second-order valence-electron chi connectivity index (χ2n) is 4.93. The van der Waals surface area contributed by atoms with Crippen LogP contribution in [0.5, 0.6) is 0 Å². The molecule has 0 fully saturated rings. The van der Waals surface area contributed by atoms with Crippen molar-refractivity contribution in [3.63, 3.8) is 0 Å². The summed E-state index contributed by atoms with van der Waals surface area (Å²) in [5, 5.41) is 0.775. The van der Waals surface area contributed by atoms with Crippen LogP contribution < -0.4 is 0 Å². The predicted molar refractivity (Wildman–Crippen MR) is 90.7 cm³/mol. The van der Waals surface area contributed by atoms with E-state index in [0.717, 1.165) is 37.8 Å². The molecule has 2 nitrogen and oxygen atoms in total. The van der Waals surface area contributed by atoms with Crippen LogP contribution in [-0.4, -0.2) is 9.97 Å². The first-order valence-corrected chi connectivity index (χ1v) is 7.85. The van der Waals surface area contributed by atoms with Gasteiger partial charge in [-0.15, -0.1) is 0 Å². The van der Waals surface area contributed by atoms with Crippen molar-refractivity contribution in [3.8, 4) is 11.3 Å². The molecule has 3 rings (SSSR count). The monoisotopic (exact) mass is 360 g/mol. The number of imidazole rings is 1. The summed E-state index contributed by atoms with van der Waals surface area (Å²) in [6.45, 7) is 2.04. The van der Waals surface area contributed by atoms with Gasteiger partial charge in [-0.3, -0.25) is 0 Å². The van der Waals surface area contributed by atoms with Crippen LogP contribution in [0.25, 0.3) is 11.3 Å². The molecular formula is C17H14BrClN2. The summed E-state index contributed by atoms with van der Waals surface area (Å²) in [7, 11) is 0. The number of aromatic amines is 1. The Hall–Kier alpha value is -1.58. The Labute approximate surface area is 137 Å².